The van der Waals surface area contributed by atoms with Crippen LogP contribution < -0.4 is 10.5 Å². The molecule has 1 aromatic rings. The van der Waals surface area contributed by atoms with Crippen molar-refractivity contribution in [1.82, 2.24) is 9.80 Å². The van der Waals surface area contributed by atoms with Gasteiger partial charge in [-0.2, -0.15) is 0 Å². The standard InChI is InChI=1S/C19H29N3O2/c20-9-13-24-18-8-5-6-16(14-18)19(23)22-12-2-1-7-17(22)15-21-10-3-4-11-21/h5-6,8,14,17H,1-4,7,9-13,15,20H2/t17-/m1/s1. The van der Waals surface area contributed by atoms with Crippen LogP contribution in [0, 0.1) is 0 Å². The number of rotatable bonds is 6. The molecule has 2 saturated heterocycles. The Kier molecular flexibility index (Phi) is 6.10. The molecule has 1 aromatic carbocycles. The van der Waals surface area contributed by atoms with Gasteiger partial charge in [-0.05, 0) is 63.4 Å². The summed E-state index contributed by atoms with van der Waals surface area (Å²) in [4.78, 5) is 17.6. The summed E-state index contributed by atoms with van der Waals surface area (Å²) in [6.45, 7) is 5.20. The Morgan fingerprint density at radius 3 is 2.75 bits per heavy atom. The quantitative estimate of drug-likeness (QED) is 0.867. The van der Waals surface area contributed by atoms with E-state index in [-0.39, 0.29) is 5.91 Å². The van der Waals surface area contributed by atoms with E-state index in [1.54, 1.807) is 0 Å². The number of hydrogen-bond acceptors (Lipinski definition) is 4. The predicted octanol–water partition coefficient (Wildman–Crippen LogP) is 2.11. The lowest BCUT2D eigenvalue weighted by atomic mass is 10.00. The Hall–Kier alpha value is -1.59. The van der Waals surface area contributed by atoms with Crippen LogP contribution in [-0.2, 0) is 0 Å². The van der Waals surface area contributed by atoms with Gasteiger partial charge in [-0.3, -0.25) is 4.79 Å². The van der Waals surface area contributed by atoms with Crippen molar-refractivity contribution in [3.05, 3.63) is 29.8 Å². The normalized spacial score (nSPS) is 21.9. The SMILES string of the molecule is NCCOc1cccc(C(=O)N2CCCC[C@@H]2CN2CCCC2)c1. The second-order valence-corrected chi connectivity index (χ2v) is 6.82. The number of amides is 1. The Morgan fingerprint density at radius 1 is 1.17 bits per heavy atom. The number of piperidine rings is 1. The van der Waals surface area contributed by atoms with Gasteiger partial charge in [-0.15, -0.1) is 0 Å². The number of hydrogen-bond donors (Lipinski definition) is 1. The maximum Gasteiger partial charge on any atom is 0.254 e. The first-order chi connectivity index (χ1) is 11.8. The molecule has 2 aliphatic heterocycles. The molecule has 0 aliphatic carbocycles. The van der Waals surface area contributed by atoms with Gasteiger partial charge in [0.2, 0.25) is 0 Å². The molecule has 1 amide bonds. The molecule has 2 heterocycles. The molecule has 24 heavy (non-hydrogen) atoms. The summed E-state index contributed by atoms with van der Waals surface area (Å²) < 4.78 is 5.56. The Labute approximate surface area is 144 Å². The number of ether oxygens (including phenoxy) is 1. The molecule has 5 heteroatoms. The van der Waals surface area contributed by atoms with E-state index < -0.39 is 0 Å². The highest BCUT2D eigenvalue weighted by atomic mass is 16.5. The van der Waals surface area contributed by atoms with Crippen LogP contribution in [0.4, 0.5) is 0 Å². The van der Waals surface area contributed by atoms with Crippen LogP contribution in [0.5, 0.6) is 5.75 Å². The molecule has 0 saturated carbocycles. The second-order valence-electron chi connectivity index (χ2n) is 6.82. The van der Waals surface area contributed by atoms with Gasteiger partial charge in [0, 0.05) is 31.2 Å². The van der Waals surface area contributed by atoms with E-state index in [1.165, 1.54) is 32.4 Å². The largest absolute Gasteiger partial charge is 0.492 e. The summed E-state index contributed by atoms with van der Waals surface area (Å²) in [5, 5.41) is 0. The fourth-order valence-electron chi connectivity index (χ4n) is 3.78. The second kappa shape index (κ2) is 8.49. The Bertz CT molecular complexity index is 543. The van der Waals surface area contributed by atoms with Gasteiger partial charge in [0.25, 0.3) is 5.91 Å². The highest BCUT2D eigenvalue weighted by Crippen LogP contribution is 2.23. The molecule has 0 radical (unpaired) electrons. The zero-order valence-electron chi connectivity index (χ0n) is 14.5. The van der Waals surface area contributed by atoms with Crippen molar-refractivity contribution in [2.75, 3.05) is 39.3 Å². The zero-order valence-corrected chi connectivity index (χ0v) is 14.5. The first-order valence-electron chi connectivity index (χ1n) is 9.24. The van der Waals surface area contributed by atoms with Gasteiger partial charge >= 0.3 is 0 Å². The van der Waals surface area contributed by atoms with Gasteiger partial charge in [0.1, 0.15) is 12.4 Å². The number of benzene rings is 1. The molecule has 1 atom stereocenters. The third-order valence-corrected chi connectivity index (χ3v) is 5.02. The van der Waals surface area contributed by atoms with Crippen molar-refractivity contribution in [2.24, 2.45) is 5.73 Å². The monoisotopic (exact) mass is 331 g/mol. The van der Waals surface area contributed by atoms with Gasteiger partial charge in [-0.25, -0.2) is 0 Å². The fourth-order valence-corrected chi connectivity index (χ4v) is 3.78. The van der Waals surface area contributed by atoms with Gasteiger partial charge in [0.05, 0.1) is 0 Å². The lowest BCUT2D eigenvalue weighted by Crippen LogP contribution is -2.49. The van der Waals surface area contributed by atoms with Gasteiger partial charge < -0.3 is 20.3 Å². The summed E-state index contributed by atoms with van der Waals surface area (Å²) >= 11 is 0. The fraction of sp³-hybridized carbons (Fsp3) is 0.632. The van der Waals surface area contributed by atoms with Crippen LogP contribution in [0.25, 0.3) is 0 Å². The highest BCUT2D eigenvalue weighted by Gasteiger charge is 2.29. The minimum Gasteiger partial charge on any atom is -0.492 e. The summed E-state index contributed by atoms with van der Waals surface area (Å²) in [5.41, 5.74) is 6.20. The molecule has 2 aliphatic rings. The summed E-state index contributed by atoms with van der Waals surface area (Å²) in [5.74, 6) is 0.858. The van der Waals surface area contributed by atoms with E-state index in [0.717, 1.165) is 37.2 Å². The number of carbonyl (C=O) groups excluding carboxylic acids is 1. The molecule has 0 aromatic heterocycles. The first-order valence-corrected chi connectivity index (χ1v) is 9.24. The summed E-state index contributed by atoms with van der Waals surface area (Å²) in [6.07, 6.45) is 6.03. The van der Waals surface area contributed by atoms with Crippen LogP contribution in [0.2, 0.25) is 0 Å². The van der Waals surface area contributed by atoms with Crippen molar-refractivity contribution >= 4 is 5.91 Å². The number of carbonyl (C=O) groups is 1. The van der Waals surface area contributed by atoms with Crippen molar-refractivity contribution in [3.63, 3.8) is 0 Å². The third-order valence-electron chi connectivity index (χ3n) is 5.02. The molecule has 0 unspecified atom stereocenters. The Morgan fingerprint density at radius 2 is 1.96 bits per heavy atom. The minimum absolute atomic E-state index is 0.136. The van der Waals surface area contributed by atoms with Gasteiger partial charge in [-0.1, -0.05) is 6.07 Å². The van der Waals surface area contributed by atoms with E-state index >= 15 is 0 Å². The maximum atomic E-state index is 13.0. The number of nitrogens with zero attached hydrogens (tertiary/aromatic N) is 2. The summed E-state index contributed by atoms with van der Waals surface area (Å²) in [6, 6.07) is 7.85. The number of likely N-dealkylation sites (tertiary alicyclic amines) is 2. The average Bonchev–Trinajstić information content (AvgIpc) is 3.13. The highest BCUT2D eigenvalue weighted by molar-refractivity contribution is 5.94. The smallest absolute Gasteiger partial charge is 0.254 e. The first kappa shape index (κ1) is 17.2. The topological polar surface area (TPSA) is 58.8 Å². The molecule has 132 valence electrons. The van der Waals surface area contributed by atoms with Crippen molar-refractivity contribution in [1.29, 1.82) is 0 Å². The molecule has 5 nitrogen and oxygen atoms in total. The molecule has 3 rings (SSSR count). The van der Waals surface area contributed by atoms with Crippen LogP contribution in [0.15, 0.2) is 24.3 Å². The molecule has 2 fully saturated rings. The van der Waals surface area contributed by atoms with Crippen LogP contribution in [0.3, 0.4) is 0 Å². The number of nitrogens with two attached hydrogens (primary N) is 1. The van der Waals surface area contributed by atoms with E-state index in [9.17, 15) is 4.79 Å². The molecule has 0 bridgehead atoms. The van der Waals surface area contributed by atoms with Crippen molar-refractivity contribution < 1.29 is 9.53 Å². The van der Waals surface area contributed by atoms with E-state index in [1.807, 2.05) is 24.3 Å². The Balaban J connectivity index is 1.68. The van der Waals surface area contributed by atoms with E-state index in [4.69, 9.17) is 10.5 Å². The maximum absolute atomic E-state index is 13.0. The third kappa shape index (κ3) is 4.28. The van der Waals surface area contributed by atoms with Crippen LogP contribution >= 0.6 is 0 Å². The van der Waals surface area contributed by atoms with E-state index in [2.05, 4.69) is 9.80 Å². The molecule has 2 N–H and O–H groups in total. The van der Waals surface area contributed by atoms with Gasteiger partial charge in [0.15, 0.2) is 0 Å². The molecular formula is C19H29N3O2. The van der Waals surface area contributed by atoms with Crippen LogP contribution in [0.1, 0.15) is 42.5 Å². The summed E-state index contributed by atoms with van der Waals surface area (Å²) in [7, 11) is 0. The molecule has 0 spiro atoms. The zero-order chi connectivity index (χ0) is 16.8. The van der Waals surface area contributed by atoms with Crippen molar-refractivity contribution in [3.8, 4) is 5.75 Å². The average molecular weight is 331 g/mol. The molecular weight excluding hydrogens is 302 g/mol. The predicted molar refractivity (Wildman–Crippen MR) is 95.3 cm³/mol. The van der Waals surface area contributed by atoms with E-state index in [0.29, 0.717) is 19.2 Å². The van der Waals surface area contributed by atoms with Crippen LogP contribution in [-0.4, -0.2) is 61.1 Å². The lowest BCUT2D eigenvalue weighted by molar-refractivity contribution is 0.0560. The lowest BCUT2D eigenvalue weighted by Gasteiger charge is -2.38. The minimum atomic E-state index is 0.136. The van der Waals surface area contributed by atoms with Crippen molar-refractivity contribution in [2.45, 2.75) is 38.1 Å².